The molecule has 160 valence electrons. The number of hydrogen-bond donors (Lipinski definition) is 1. The van der Waals surface area contributed by atoms with E-state index in [1.54, 1.807) is 11.8 Å². The van der Waals surface area contributed by atoms with Crippen LogP contribution >= 0.6 is 11.8 Å². The van der Waals surface area contributed by atoms with Crippen molar-refractivity contribution in [1.82, 2.24) is 15.1 Å². The lowest BCUT2D eigenvalue weighted by molar-refractivity contribution is -0.128. The number of amides is 3. The van der Waals surface area contributed by atoms with Crippen molar-refractivity contribution in [2.45, 2.75) is 64.3 Å². The summed E-state index contributed by atoms with van der Waals surface area (Å²) in [5.41, 5.74) is 2.66. The molecule has 0 bridgehead atoms. The Morgan fingerprint density at radius 3 is 2.34 bits per heavy atom. The molecule has 6 heteroatoms. The van der Waals surface area contributed by atoms with Crippen LogP contribution in [0.15, 0.2) is 24.3 Å². The molecule has 0 aromatic heterocycles. The second-order valence-corrected chi connectivity index (χ2v) is 10.7. The number of carbonyl (C=O) groups is 2. The Morgan fingerprint density at radius 2 is 1.79 bits per heavy atom. The van der Waals surface area contributed by atoms with Gasteiger partial charge >= 0.3 is 6.03 Å². The molecule has 2 fully saturated rings. The fourth-order valence-electron chi connectivity index (χ4n) is 4.01. The van der Waals surface area contributed by atoms with Gasteiger partial charge in [0.1, 0.15) is 5.37 Å². The van der Waals surface area contributed by atoms with E-state index < -0.39 is 0 Å². The first-order valence-corrected chi connectivity index (χ1v) is 11.8. The molecule has 2 saturated heterocycles. The summed E-state index contributed by atoms with van der Waals surface area (Å²) in [5.74, 6) is 1.25. The Balaban J connectivity index is 1.60. The minimum atomic E-state index is 0.0306. The van der Waals surface area contributed by atoms with Crippen LogP contribution in [0.5, 0.6) is 0 Å². The lowest BCUT2D eigenvalue weighted by Crippen LogP contribution is -2.47. The molecule has 29 heavy (non-hydrogen) atoms. The van der Waals surface area contributed by atoms with Crippen molar-refractivity contribution in [2.24, 2.45) is 5.92 Å². The first kappa shape index (κ1) is 22.0. The minimum Gasteiger partial charge on any atom is -0.336 e. The summed E-state index contributed by atoms with van der Waals surface area (Å²) in [4.78, 5) is 28.7. The van der Waals surface area contributed by atoms with Crippen LogP contribution in [-0.2, 0) is 10.2 Å². The van der Waals surface area contributed by atoms with Gasteiger partial charge in [0.25, 0.3) is 0 Å². The predicted octanol–water partition coefficient (Wildman–Crippen LogP) is 4.39. The van der Waals surface area contributed by atoms with E-state index in [9.17, 15) is 9.59 Å². The Morgan fingerprint density at radius 1 is 1.17 bits per heavy atom. The summed E-state index contributed by atoms with van der Waals surface area (Å²) in [6, 6.07) is 8.95. The van der Waals surface area contributed by atoms with Gasteiger partial charge in [-0.05, 0) is 49.1 Å². The van der Waals surface area contributed by atoms with Crippen LogP contribution in [0.2, 0.25) is 0 Å². The fraction of sp³-hybridized carbons (Fsp3) is 0.652. The largest absolute Gasteiger partial charge is 0.336 e. The highest BCUT2D eigenvalue weighted by Gasteiger charge is 2.35. The lowest BCUT2D eigenvalue weighted by atomic mass is 9.86. The molecule has 0 radical (unpaired) electrons. The summed E-state index contributed by atoms with van der Waals surface area (Å²) < 4.78 is 0. The van der Waals surface area contributed by atoms with Crippen LogP contribution in [0, 0.1) is 5.92 Å². The van der Waals surface area contributed by atoms with Crippen molar-refractivity contribution in [3.05, 3.63) is 35.4 Å². The number of likely N-dealkylation sites (tertiary alicyclic amines) is 1. The summed E-state index contributed by atoms with van der Waals surface area (Å²) >= 11 is 1.73. The molecule has 3 rings (SSSR count). The molecule has 2 heterocycles. The number of urea groups is 1. The third-order valence-electron chi connectivity index (χ3n) is 5.80. The molecule has 1 N–H and O–H groups in total. The SMILES string of the molecule is CC(C)NC(=O)N1CCC(CN2C(=O)CSC2c2ccc(C(C)(C)C)cc2)CC1. The van der Waals surface area contributed by atoms with Gasteiger partial charge in [-0.3, -0.25) is 4.79 Å². The maximum absolute atomic E-state index is 12.6. The third-order valence-corrected chi connectivity index (χ3v) is 7.05. The number of carbonyl (C=O) groups excluding carboxylic acids is 2. The normalized spacial score (nSPS) is 21.2. The molecule has 1 aromatic carbocycles. The monoisotopic (exact) mass is 417 g/mol. The fourth-order valence-corrected chi connectivity index (χ4v) is 5.21. The molecule has 2 aliphatic heterocycles. The zero-order chi connectivity index (χ0) is 21.2. The topological polar surface area (TPSA) is 52.7 Å². The van der Waals surface area contributed by atoms with Crippen molar-refractivity contribution in [2.75, 3.05) is 25.4 Å². The number of benzene rings is 1. The highest BCUT2D eigenvalue weighted by molar-refractivity contribution is 8.00. The zero-order valence-corrected chi connectivity index (χ0v) is 19.2. The molecular weight excluding hydrogens is 382 g/mol. The number of thioether (sulfide) groups is 1. The van der Waals surface area contributed by atoms with Crippen LogP contribution in [0.25, 0.3) is 0 Å². The Hall–Kier alpha value is -1.69. The lowest BCUT2D eigenvalue weighted by Gasteiger charge is -2.35. The molecule has 2 aliphatic rings. The number of nitrogens with one attached hydrogen (secondary N) is 1. The van der Waals surface area contributed by atoms with Crippen LogP contribution in [0.1, 0.15) is 64.0 Å². The molecule has 0 aliphatic carbocycles. The number of nitrogens with zero attached hydrogens (tertiary/aromatic N) is 2. The number of piperidine rings is 1. The van der Waals surface area contributed by atoms with Crippen LogP contribution in [-0.4, -0.2) is 53.2 Å². The molecule has 1 unspecified atom stereocenters. The maximum atomic E-state index is 12.6. The molecule has 0 spiro atoms. The summed E-state index contributed by atoms with van der Waals surface area (Å²) in [7, 11) is 0. The Kier molecular flexibility index (Phi) is 6.82. The summed E-state index contributed by atoms with van der Waals surface area (Å²) in [5, 5.41) is 3.08. The van der Waals surface area contributed by atoms with E-state index in [1.807, 2.05) is 18.7 Å². The quantitative estimate of drug-likeness (QED) is 0.791. The van der Waals surface area contributed by atoms with Crippen LogP contribution < -0.4 is 5.32 Å². The average molecular weight is 418 g/mol. The van der Waals surface area contributed by atoms with E-state index in [-0.39, 0.29) is 28.8 Å². The van der Waals surface area contributed by atoms with Gasteiger partial charge in [0.05, 0.1) is 5.75 Å². The van der Waals surface area contributed by atoms with Gasteiger partial charge in [-0.2, -0.15) is 0 Å². The van der Waals surface area contributed by atoms with E-state index in [4.69, 9.17) is 0 Å². The number of hydrogen-bond acceptors (Lipinski definition) is 3. The second-order valence-electron chi connectivity index (χ2n) is 9.62. The van der Waals surface area contributed by atoms with Gasteiger partial charge in [0, 0.05) is 25.7 Å². The van der Waals surface area contributed by atoms with E-state index in [0.29, 0.717) is 11.7 Å². The molecule has 1 aromatic rings. The van der Waals surface area contributed by atoms with Gasteiger partial charge in [-0.25, -0.2) is 4.79 Å². The molecule has 0 saturated carbocycles. The predicted molar refractivity (Wildman–Crippen MR) is 120 cm³/mol. The molecule has 3 amide bonds. The summed E-state index contributed by atoms with van der Waals surface area (Å²) in [6.45, 7) is 12.9. The van der Waals surface area contributed by atoms with E-state index in [1.165, 1.54) is 11.1 Å². The highest BCUT2D eigenvalue weighted by atomic mass is 32.2. The van der Waals surface area contributed by atoms with Crippen LogP contribution in [0.4, 0.5) is 4.79 Å². The van der Waals surface area contributed by atoms with Crippen molar-refractivity contribution in [3.63, 3.8) is 0 Å². The molecule has 5 nitrogen and oxygen atoms in total. The van der Waals surface area contributed by atoms with Crippen molar-refractivity contribution in [3.8, 4) is 0 Å². The number of rotatable bonds is 4. The van der Waals surface area contributed by atoms with Gasteiger partial charge in [0.15, 0.2) is 0 Å². The van der Waals surface area contributed by atoms with Gasteiger partial charge < -0.3 is 15.1 Å². The van der Waals surface area contributed by atoms with E-state index in [0.717, 1.165) is 32.5 Å². The molecule has 1 atom stereocenters. The Labute approximate surface area is 179 Å². The van der Waals surface area contributed by atoms with Crippen LogP contribution in [0.3, 0.4) is 0 Å². The smallest absolute Gasteiger partial charge is 0.317 e. The Bertz CT molecular complexity index is 719. The van der Waals surface area contributed by atoms with Crippen molar-refractivity contribution >= 4 is 23.7 Å². The minimum absolute atomic E-state index is 0.0306. The van der Waals surface area contributed by atoms with E-state index >= 15 is 0 Å². The van der Waals surface area contributed by atoms with Gasteiger partial charge in [0.2, 0.25) is 5.91 Å². The molecular formula is C23H35N3O2S. The maximum Gasteiger partial charge on any atom is 0.317 e. The standard InChI is InChI=1S/C23H35N3O2S/c1-16(2)24-22(28)25-12-10-17(11-13-25)14-26-20(27)15-29-21(26)18-6-8-19(9-7-18)23(3,4)5/h6-9,16-17,21H,10-15H2,1-5H3,(H,24,28). The van der Waals surface area contributed by atoms with Gasteiger partial charge in [-0.1, -0.05) is 45.0 Å². The average Bonchev–Trinajstić information content (AvgIpc) is 3.01. The third kappa shape index (κ3) is 5.47. The highest BCUT2D eigenvalue weighted by Crippen LogP contribution is 2.40. The zero-order valence-electron chi connectivity index (χ0n) is 18.4. The second kappa shape index (κ2) is 8.99. The van der Waals surface area contributed by atoms with Crippen molar-refractivity contribution < 1.29 is 9.59 Å². The first-order chi connectivity index (χ1) is 13.6. The van der Waals surface area contributed by atoms with E-state index in [2.05, 4.69) is 55.3 Å². The summed E-state index contributed by atoms with van der Waals surface area (Å²) in [6.07, 6.45) is 1.91. The van der Waals surface area contributed by atoms with Gasteiger partial charge in [-0.15, -0.1) is 11.8 Å². The van der Waals surface area contributed by atoms with Crippen molar-refractivity contribution in [1.29, 1.82) is 0 Å². The first-order valence-electron chi connectivity index (χ1n) is 10.7.